The molecule has 0 saturated heterocycles. The first kappa shape index (κ1) is 11.3. The molecule has 0 radical (unpaired) electrons. The van der Waals surface area contributed by atoms with Gasteiger partial charge in [-0.2, -0.15) is 0 Å². The highest BCUT2D eigenvalue weighted by atomic mass is 16.6. The molecule has 0 aliphatic carbocycles. The van der Waals surface area contributed by atoms with Crippen molar-refractivity contribution >= 4 is 6.34 Å². The van der Waals surface area contributed by atoms with Crippen LogP contribution in [0.1, 0.15) is 34.1 Å². The number of oxime groups is 1. The lowest BCUT2D eigenvalue weighted by atomic mass is 9.78. The summed E-state index contributed by atoms with van der Waals surface area (Å²) in [6, 6.07) is 0. The Balaban J connectivity index is 3.78. The molecule has 0 heterocycles. The van der Waals surface area contributed by atoms with Crippen LogP contribution in [-0.2, 0) is 4.84 Å². The summed E-state index contributed by atoms with van der Waals surface area (Å²) in [5, 5.41) is 3.51. The summed E-state index contributed by atoms with van der Waals surface area (Å²) < 4.78 is 0. The molecule has 0 aromatic rings. The van der Waals surface area contributed by atoms with E-state index in [1.54, 1.807) is 0 Å². The van der Waals surface area contributed by atoms with Crippen LogP contribution in [0.3, 0.4) is 0 Å². The lowest BCUT2D eigenvalue weighted by Gasteiger charge is -2.29. The number of hydrogen-bond acceptors (Lipinski definition) is 2. The third-order valence-electron chi connectivity index (χ3n) is 2.71. The SMILES string of the molecule is CCC(C)(C)C(C)CO/N=C\N. The molecule has 12 heavy (non-hydrogen) atoms. The van der Waals surface area contributed by atoms with Crippen molar-refractivity contribution in [1.82, 2.24) is 0 Å². The molecular formula is C9H20N2O. The van der Waals surface area contributed by atoms with Crippen LogP contribution in [-0.4, -0.2) is 12.9 Å². The van der Waals surface area contributed by atoms with Gasteiger partial charge in [-0.25, -0.2) is 0 Å². The maximum Gasteiger partial charge on any atom is 0.125 e. The van der Waals surface area contributed by atoms with Crippen molar-refractivity contribution in [2.24, 2.45) is 22.2 Å². The van der Waals surface area contributed by atoms with Crippen molar-refractivity contribution in [1.29, 1.82) is 0 Å². The lowest BCUT2D eigenvalue weighted by Crippen LogP contribution is -2.24. The van der Waals surface area contributed by atoms with Gasteiger partial charge >= 0.3 is 0 Å². The Hall–Kier alpha value is -0.730. The Morgan fingerprint density at radius 2 is 2.17 bits per heavy atom. The second-order valence-electron chi connectivity index (χ2n) is 3.79. The van der Waals surface area contributed by atoms with Gasteiger partial charge in [0.2, 0.25) is 0 Å². The van der Waals surface area contributed by atoms with Crippen LogP contribution in [0.25, 0.3) is 0 Å². The van der Waals surface area contributed by atoms with E-state index < -0.39 is 0 Å². The topological polar surface area (TPSA) is 47.6 Å². The molecular weight excluding hydrogens is 152 g/mol. The van der Waals surface area contributed by atoms with Crippen molar-refractivity contribution < 1.29 is 4.84 Å². The fourth-order valence-corrected chi connectivity index (χ4v) is 0.772. The van der Waals surface area contributed by atoms with E-state index in [9.17, 15) is 0 Å². The highest BCUT2D eigenvalue weighted by Crippen LogP contribution is 2.29. The molecule has 0 saturated carbocycles. The van der Waals surface area contributed by atoms with Crippen molar-refractivity contribution in [2.45, 2.75) is 34.1 Å². The van der Waals surface area contributed by atoms with Gasteiger partial charge in [0.05, 0.1) is 0 Å². The summed E-state index contributed by atoms with van der Waals surface area (Å²) in [7, 11) is 0. The van der Waals surface area contributed by atoms with Crippen LogP contribution in [0, 0.1) is 11.3 Å². The summed E-state index contributed by atoms with van der Waals surface area (Å²) in [6.45, 7) is 9.44. The van der Waals surface area contributed by atoms with Gasteiger partial charge in [-0.15, -0.1) is 0 Å². The van der Waals surface area contributed by atoms with Crippen LogP contribution in [0.2, 0.25) is 0 Å². The molecule has 0 amide bonds. The molecule has 0 bridgehead atoms. The monoisotopic (exact) mass is 172 g/mol. The number of rotatable bonds is 5. The summed E-state index contributed by atoms with van der Waals surface area (Å²) in [6.07, 6.45) is 2.32. The van der Waals surface area contributed by atoms with Crippen LogP contribution in [0.15, 0.2) is 5.16 Å². The maximum atomic E-state index is 5.04. The molecule has 0 rings (SSSR count). The Kier molecular flexibility index (Phi) is 4.71. The van der Waals surface area contributed by atoms with Crippen LogP contribution in [0.4, 0.5) is 0 Å². The number of nitrogens with zero attached hydrogens (tertiary/aromatic N) is 1. The highest BCUT2D eigenvalue weighted by molar-refractivity contribution is 5.49. The first-order valence-corrected chi connectivity index (χ1v) is 4.40. The molecule has 1 atom stereocenters. The summed E-state index contributed by atoms with van der Waals surface area (Å²) >= 11 is 0. The molecule has 2 N–H and O–H groups in total. The van der Waals surface area contributed by atoms with Gasteiger partial charge < -0.3 is 10.6 Å². The third kappa shape index (κ3) is 3.60. The third-order valence-corrected chi connectivity index (χ3v) is 2.71. The Bertz CT molecular complexity index is 143. The molecule has 1 unspecified atom stereocenters. The number of hydrogen-bond donors (Lipinski definition) is 1. The summed E-state index contributed by atoms with van der Waals surface area (Å²) in [5.74, 6) is 0.492. The van der Waals surface area contributed by atoms with Crippen LogP contribution in [0.5, 0.6) is 0 Å². The summed E-state index contributed by atoms with van der Waals surface area (Å²) in [4.78, 5) is 4.98. The summed E-state index contributed by atoms with van der Waals surface area (Å²) in [5.41, 5.74) is 5.35. The molecule has 3 nitrogen and oxygen atoms in total. The average Bonchev–Trinajstić information content (AvgIpc) is 2.05. The van der Waals surface area contributed by atoms with Crippen molar-refractivity contribution in [3.63, 3.8) is 0 Å². The standard InChI is InChI=1S/C9H20N2O/c1-5-9(3,4)8(2)6-12-11-7-10/h7-8H,5-6H2,1-4H3,(H2,10,11). The Morgan fingerprint density at radius 3 is 2.58 bits per heavy atom. The largest absolute Gasteiger partial charge is 0.394 e. The second-order valence-corrected chi connectivity index (χ2v) is 3.79. The minimum Gasteiger partial charge on any atom is -0.394 e. The molecule has 0 fully saturated rings. The fraction of sp³-hybridized carbons (Fsp3) is 0.889. The van der Waals surface area contributed by atoms with Gasteiger partial charge in [-0.05, 0) is 11.3 Å². The van der Waals surface area contributed by atoms with E-state index in [2.05, 4.69) is 32.9 Å². The van der Waals surface area contributed by atoms with Crippen molar-refractivity contribution in [3.05, 3.63) is 0 Å². The van der Waals surface area contributed by atoms with Crippen LogP contribution >= 0.6 is 0 Å². The molecule has 0 aliphatic rings. The van der Waals surface area contributed by atoms with E-state index in [0.717, 1.165) is 6.42 Å². The first-order valence-electron chi connectivity index (χ1n) is 4.40. The van der Waals surface area contributed by atoms with Crippen molar-refractivity contribution in [3.8, 4) is 0 Å². The maximum absolute atomic E-state index is 5.04. The Morgan fingerprint density at radius 1 is 1.58 bits per heavy atom. The van der Waals surface area contributed by atoms with Crippen LogP contribution < -0.4 is 5.73 Å². The predicted octanol–water partition coefficient (Wildman–Crippen LogP) is 1.98. The first-order chi connectivity index (χ1) is 5.54. The molecule has 3 heteroatoms. The van der Waals surface area contributed by atoms with E-state index >= 15 is 0 Å². The zero-order valence-electron chi connectivity index (χ0n) is 8.50. The smallest absolute Gasteiger partial charge is 0.125 e. The quantitative estimate of drug-likeness (QED) is 0.391. The lowest BCUT2D eigenvalue weighted by molar-refractivity contribution is 0.0604. The van der Waals surface area contributed by atoms with E-state index in [1.165, 1.54) is 6.34 Å². The Labute approximate surface area is 75.0 Å². The predicted molar refractivity (Wildman–Crippen MR) is 51.9 cm³/mol. The minimum absolute atomic E-state index is 0.310. The zero-order valence-corrected chi connectivity index (χ0v) is 8.50. The number of nitrogens with two attached hydrogens (primary N) is 1. The minimum atomic E-state index is 0.310. The molecule has 0 aromatic carbocycles. The van der Waals surface area contributed by atoms with Gasteiger partial charge in [0.1, 0.15) is 12.9 Å². The van der Waals surface area contributed by atoms with E-state index in [4.69, 9.17) is 10.6 Å². The molecule has 0 aliphatic heterocycles. The highest BCUT2D eigenvalue weighted by Gasteiger charge is 2.23. The fourth-order valence-electron chi connectivity index (χ4n) is 0.772. The van der Waals surface area contributed by atoms with E-state index in [1.807, 2.05) is 0 Å². The van der Waals surface area contributed by atoms with E-state index in [0.29, 0.717) is 17.9 Å². The van der Waals surface area contributed by atoms with E-state index in [-0.39, 0.29) is 0 Å². The molecule has 72 valence electrons. The second kappa shape index (κ2) is 5.01. The molecule has 0 spiro atoms. The zero-order chi connectivity index (χ0) is 9.61. The van der Waals surface area contributed by atoms with Crippen molar-refractivity contribution in [2.75, 3.05) is 6.61 Å². The normalized spacial score (nSPS) is 15.0. The molecule has 0 aromatic heterocycles. The van der Waals surface area contributed by atoms with Gasteiger partial charge in [-0.1, -0.05) is 39.3 Å². The van der Waals surface area contributed by atoms with Gasteiger partial charge in [0.15, 0.2) is 0 Å². The van der Waals surface area contributed by atoms with Gasteiger partial charge in [-0.3, -0.25) is 0 Å². The van der Waals surface area contributed by atoms with Gasteiger partial charge in [0, 0.05) is 0 Å². The van der Waals surface area contributed by atoms with Gasteiger partial charge in [0.25, 0.3) is 0 Å². The average molecular weight is 172 g/mol.